The van der Waals surface area contributed by atoms with Crippen LogP contribution in [0.5, 0.6) is 0 Å². The van der Waals surface area contributed by atoms with Crippen molar-refractivity contribution in [2.24, 2.45) is 5.41 Å². The van der Waals surface area contributed by atoms with Crippen LogP contribution in [-0.2, 0) is 0 Å². The molecule has 0 aliphatic carbocycles. The van der Waals surface area contributed by atoms with E-state index in [0.29, 0.717) is 5.69 Å². The number of rotatable bonds is 4. The molecule has 0 spiro atoms. The maximum atomic E-state index is 12.3. The molecule has 0 saturated heterocycles. The van der Waals surface area contributed by atoms with Crippen LogP contribution in [0.2, 0.25) is 0 Å². The lowest BCUT2D eigenvalue weighted by Crippen LogP contribution is -2.39. The van der Waals surface area contributed by atoms with Gasteiger partial charge in [0, 0.05) is 12.7 Å². The lowest BCUT2D eigenvalue weighted by atomic mass is 9.89. The number of carbonyl (C=O) groups excluding carboxylic acids is 1. The second-order valence-corrected chi connectivity index (χ2v) is 6.77. The van der Waals surface area contributed by atoms with Crippen LogP contribution in [0.1, 0.15) is 31.3 Å². The van der Waals surface area contributed by atoms with E-state index in [-0.39, 0.29) is 17.9 Å². The molecule has 2 N–H and O–H groups in total. The molecule has 0 aromatic carbocycles. The number of hydrogen-bond acceptors (Lipinski definition) is 4. The molecule has 2 rings (SSSR count). The third-order valence-corrected chi connectivity index (χ3v) is 4.02. The number of hydrogen-bond donors (Lipinski definition) is 2. The Labute approximate surface area is 128 Å². The second kappa shape index (κ2) is 6.07. The SMILES string of the molecule is CSc1nc(C(=O)NCC(O)C(C)(C)C)c2ccccn12. The molecule has 1 amide bonds. The van der Waals surface area contributed by atoms with Gasteiger partial charge in [0.2, 0.25) is 0 Å². The molecule has 0 bridgehead atoms. The first-order valence-electron chi connectivity index (χ1n) is 6.82. The van der Waals surface area contributed by atoms with Crippen molar-refractivity contribution in [3.8, 4) is 0 Å². The first-order valence-corrected chi connectivity index (χ1v) is 8.04. The Balaban J connectivity index is 2.20. The van der Waals surface area contributed by atoms with E-state index in [9.17, 15) is 9.90 Å². The summed E-state index contributed by atoms with van der Waals surface area (Å²) in [7, 11) is 0. The molecule has 2 heterocycles. The van der Waals surface area contributed by atoms with Gasteiger partial charge >= 0.3 is 0 Å². The number of aliphatic hydroxyl groups excluding tert-OH is 1. The van der Waals surface area contributed by atoms with Crippen LogP contribution in [0.15, 0.2) is 29.6 Å². The summed E-state index contributed by atoms with van der Waals surface area (Å²) < 4.78 is 1.89. The van der Waals surface area contributed by atoms with Gasteiger partial charge in [-0.05, 0) is 23.8 Å². The highest BCUT2D eigenvalue weighted by Crippen LogP contribution is 2.21. The average molecular weight is 307 g/mol. The van der Waals surface area contributed by atoms with Crippen molar-refractivity contribution in [3.63, 3.8) is 0 Å². The second-order valence-electron chi connectivity index (χ2n) is 5.99. The van der Waals surface area contributed by atoms with Gasteiger partial charge in [-0.3, -0.25) is 9.20 Å². The van der Waals surface area contributed by atoms with Gasteiger partial charge < -0.3 is 10.4 Å². The molecule has 0 fully saturated rings. The summed E-state index contributed by atoms with van der Waals surface area (Å²) >= 11 is 1.49. The number of carbonyl (C=O) groups is 1. The minimum atomic E-state index is -0.602. The monoisotopic (exact) mass is 307 g/mol. The Bertz CT molecular complexity index is 646. The maximum absolute atomic E-state index is 12.3. The zero-order valence-electron chi connectivity index (χ0n) is 12.8. The fourth-order valence-electron chi connectivity index (χ4n) is 1.90. The predicted octanol–water partition coefficient (Wildman–Crippen LogP) is 2.19. The number of fused-ring (bicyclic) bond motifs is 1. The van der Waals surface area contributed by atoms with Gasteiger partial charge in [-0.2, -0.15) is 0 Å². The Morgan fingerprint density at radius 1 is 1.48 bits per heavy atom. The van der Waals surface area contributed by atoms with Gasteiger partial charge in [0.05, 0.1) is 11.6 Å². The van der Waals surface area contributed by atoms with E-state index in [0.717, 1.165) is 10.7 Å². The highest BCUT2D eigenvalue weighted by Gasteiger charge is 2.24. The normalized spacial score (nSPS) is 13.4. The van der Waals surface area contributed by atoms with Crippen LogP contribution in [0.25, 0.3) is 5.52 Å². The van der Waals surface area contributed by atoms with Crippen LogP contribution in [0.4, 0.5) is 0 Å². The largest absolute Gasteiger partial charge is 0.391 e. The Hall–Kier alpha value is -1.53. The van der Waals surface area contributed by atoms with E-state index in [1.807, 2.05) is 55.8 Å². The van der Waals surface area contributed by atoms with Crippen molar-refractivity contribution in [3.05, 3.63) is 30.1 Å². The highest BCUT2D eigenvalue weighted by atomic mass is 32.2. The van der Waals surface area contributed by atoms with Crippen molar-refractivity contribution < 1.29 is 9.90 Å². The van der Waals surface area contributed by atoms with Gasteiger partial charge in [-0.15, -0.1) is 0 Å². The lowest BCUT2D eigenvalue weighted by Gasteiger charge is -2.25. The highest BCUT2D eigenvalue weighted by molar-refractivity contribution is 7.98. The molecule has 0 radical (unpaired) electrons. The molecule has 1 atom stereocenters. The number of thioether (sulfide) groups is 1. The number of imidazole rings is 1. The van der Waals surface area contributed by atoms with Crippen LogP contribution < -0.4 is 5.32 Å². The van der Waals surface area contributed by atoms with Gasteiger partial charge in [-0.25, -0.2) is 4.98 Å². The summed E-state index contributed by atoms with van der Waals surface area (Å²) in [6.45, 7) is 6.01. The van der Waals surface area contributed by atoms with E-state index in [1.165, 1.54) is 11.8 Å². The summed E-state index contributed by atoms with van der Waals surface area (Å²) in [5.41, 5.74) is 0.888. The van der Waals surface area contributed by atoms with E-state index in [4.69, 9.17) is 0 Å². The first kappa shape index (κ1) is 15.9. The molecule has 0 saturated carbocycles. The van der Waals surface area contributed by atoms with E-state index in [1.54, 1.807) is 0 Å². The van der Waals surface area contributed by atoms with Crippen molar-refractivity contribution in [2.75, 3.05) is 12.8 Å². The molecule has 6 heteroatoms. The van der Waals surface area contributed by atoms with Crippen molar-refractivity contribution >= 4 is 23.2 Å². The van der Waals surface area contributed by atoms with E-state index in [2.05, 4.69) is 10.3 Å². The van der Waals surface area contributed by atoms with Crippen LogP contribution in [0, 0.1) is 5.41 Å². The number of aliphatic hydroxyl groups is 1. The van der Waals surface area contributed by atoms with Gasteiger partial charge in [0.15, 0.2) is 10.9 Å². The average Bonchev–Trinajstić information content (AvgIpc) is 2.82. The molecule has 0 aliphatic heterocycles. The predicted molar refractivity (Wildman–Crippen MR) is 84.8 cm³/mol. The Morgan fingerprint density at radius 2 is 2.19 bits per heavy atom. The fraction of sp³-hybridized carbons (Fsp3) is 0.467. The van der Waals surface area contributed by atoms with E-state index >= 15 is 0 Å². The summed E-state index contributed by atoms with van der Waals surface area (Å²) in [4.78, 5) is 16.7. The van der Waals surface area contributed by atoms with Crippen LogP contribution in [-0.4, -0.2) is 39.3 Å². The molecule has 114 valence electrons. The quantitative estimate of drug-likeness (QED) is 0.850. The topological polar surface area (TPSA) is 66.6 Å². The third-order valence-electron chi connectivity index (χ3n) is 3.37. The van der Waals surface area contributed by atoms with Gasteiger partial charge in [-0.1, -0.05) is 38.6 Å². The van der Waals surface area contributed by atoms with Crippen molar-refractivity contribution in [2.45, 2.75) is 32.0 Å². The number of amides is 1. The number of pyridine rings is 1. The number of nitrogens with zero attached hydrogens (tertiary/aromatic N) is 2. The third kappa shape index (κ3) is 3.39. The Kier molecular flexibility index (Phi) is 4.58. The number of nitrogens with one attached hydrogen (secondary N) is 1. The van der Waals surface area contributed by atoms with Crippen LogP contribution in [0.3, 0.4) is 0 Å². The minimum absolute atomic E-state index is 0.211. The molecule has 21 heavy (non-hydrogen) atoms. The summed E-state index contributed by atoms with van der Waals surface area (Å²) in [6, 6.07) is 5.64. The fourth-order valence-corrected chi connectivity index (χ4v) is 2.44. The molecule has 2 aromatic rings. The number of aromatic nitrogens is 2. The van der Waals surface area contributed by atoms with Crippen molar-refractivity contribution in [1.82, 2.24) is 14.7 Å². The standard InChI is InChI=1S/C15H21N3O2S/c1-15(2,3)11(19)9-16-13(20)12-10-7-5-6-8-18(10)14(17-12)21-4/h5-8,11,19H,9H2,1-4H3,(H,16,20). The molecule has 5 nitrogen and oxygen atoms in total. The first-order chi connectivity index (χ1) is 9.84. The maximum Gasteiger partial charge on any atom is 0.272 e. The molecular formula is C15H21N3O2S. The van der Waals surface area contributed by atoms with Gasteiger partial charge in [0.25, 0.3) is 5.91 Å². The minimum Gasteiger partial charge on any atom is -0.391 e. The summed E-state index contributed by atoms with van der Waals surface area (Å²) in [5, 5.41) is 13.5. The molecular weight excluding hydrogens is 286 g/mol. The molecule has 0 aliphatic rings. The zero-order chi connectivity index (χ0) is 15.6. The molecule has 2 aromatic heterocycles. The summed E-state index contributed by atoms with van der Waals surface area (Å²) in [5.74, 6) is -0.262. The molecule has 1 unspecified atom stereocenters. The van der Waals surface area contributed by atoms with Crippen LogP contribution >= 0.6 is 11.8 Å². The van der Waals surface area contributed by atoms with E-state index < -0.39 is 6.10 Å². The smallest absolute Gasteiger partial charge is 0.272 e. The van der Waals surface area contributed by atoms with Gasteiger partial charge in [0.1, 0.15) is 0 Å². The van der Waals surface area contributed by atoms with Crippen molar-refractivity contribution in [1.29, 1.82) is 0 Å². The summed E-state index contributed by atoms with van der Waals surface area (Å²) in [6.07, 6.45) is 3.21. The lowest BCUT2D eigenvalue weighted by molar-refractivity contribution is 0.0586. The Morgan fingerprint density at radius 3 is 2.81 bits per heavy atom. The zero-order valence-corrected chi connectivity index (χ0v) is 13.6.